The van der Waals surface area contributed by atoms with Gasteiger partial charge in [-0.15, -0.1) is 0 Å². The Kier molecular flexibility index (Phi) is 48.9. The van der Waals surface area contributed by atoms with Crippen molar-refractivity contribution < 1.29 is 128 Å². The van der Waals surface area contributed by atoms with Gasteiger partial charge < -0.3 is 123 Å². The van der Waals surface area contributed by atoms with E-state index >= 15 is 0 Å². The molecule has 1 rings (SSSR count). The van der Waals surface area contributed by atoms with Crippen LogP contribution in [0, 0.1) is 5.92 Å². The van der Waals surface area contributed by atoms with E-state index in [0.717, 1.165) is 0 Å². The van der Waals surface area contributed by atoms with Gasteiger partial charge in [0.15, 0.2) is 0 Å². The molecule has 0 aromatic heterocycles. The van der Waals surface area contributed by atoms with E-state index in [9.17, 15) is 62.3 Å². The number of nitrogens with two attached hydrogens (primary N) is 10. The first-order valence-corrected chi connectivity index (χ1v) is 22.9. The topological polar surface area (TPSA) is 712 Å². The number of carbonyl (C=O) groups excluding carboxylic acids is 3. The summed E-state index contributed by atoms with van der Waals surface area (Å²) in [5.74, 6) is -12.6. The highest BCUT2D eigenvalue weighted by Gasteiger charge is 2.25. The van der Waals surface area contributed by atoms with Crippen molar-refractivity contribution in [2.24, 2.45) is 63.3 Å². The van der Waals surface area contributed by atoms with Crippen LogP contribution in [0.25, 0.3) is 0 Å². The monoisotopic (exact) mass is 1160 g/mol. The van der Waals surface area contributed by atoms with Gasteiger partial charge in [0.25, 0.3) is 0 Å². The van der Waals surface area contributed by atoms with Crippen LogP contribution in [0.2, 0.25) is 0 Å². The van der Waals surface area contributed by atoms with E-state index in [4.69, 9.17) is 112 Å². The fourth-order valence-electron chi connectivity index (χ4n) is 3.85. The Morgan fingerprint density at radius 2 is 0.825 bits per heavy atom. The second-order valence-corrected chi connectivity index (χ2v) is 16.5. The molecule has 30 N–H and O–H groups in total. The zero-order chi connectivity index (χ0) is 64.3. The van der Waals surface area contributed by atoms with Gasteiger partial charge in [0.2, 0.25) is 0 Å². The Bertz CT molecular complexity index is 2060. The Labute approximate surface area is 456 Å². The van der Waals surface area contributed by atoms with Gasteiger partial charge in [-0.1, -0.05) is 26.0 Å². The van der Waals surface area contributed by atoms with Crippen molar-refractivity contribution >= 4 is 77.6 Å². The minimum Gasteiger partial charge on any atom is -0.481 e. The molecule has 0 unspecified atom stereocenters. The predicted octanol–water partition coefficient (Wildman–Crippen LogP) is -5.69. The second kappa shape index (κ2) is 47.0. The molecule has 36 nitrogen and oxygen atoms in total. The standard InChI is InChI=1S/C15H21N3O6.C7H14N2O4.C6H13NO2.2C5H9NO4.C4H7NO4.C2H5NO2/c1-8(16)14(21)23-7-12(18)15(22)24-10-4-2-9(3-5-10)6-11(17)13(19)20;1-3(8)7(12)13-4(2)5(9)6(10)11;1-4(2)3-5(7)6(8)9;2*6-3(5(9)10)1-2-4(7)8;5-2(4(8)9)1-3(6)7;3-1-2(4)5/h2-5,8,11-12H,6-7,16-18H2,1H3,(H,19,20);3-5H,8-9H2,1-2H3,(H,10,11);4-5H,3,7H2,1-2H3,(H,8,9);2*3H,1-2,6H2,(H,7,8)(H,9,10);2H,1,5H2,(H,6,7)(H,8,9);1,3H2,(H,4,5)/t8-,11-,12-;3-,4+,5-;5-;2*3-;2-;/m000000./s1. The number of benzene rings is 1. The second-order valence-electron chi connectivity index (χ2n) is 16.5. The van der Waals surface area contributed by atoms with Crippen molar-refractivity contribution in [1.29, 1.82) is 0 Å². The van der Waals surface area contributed by atoms with Gasteiger partial charge in [-0.25, -0.2) is 4.79 Å². The maximum atomic E-state index is 11.8. The number of aliphatic carboxylic acids is 10. The van der Waals surface area contributed by atoms with Crippen molar-refractivity contribution in [1.82, 2.24) is 0 Å². The fraction of sp³-hybridized carbons (Fsp3) is 0.568. The molecule has 0 saturated heterocycles. The highest BCUT2D eigenvalue weighted by atomic mass is 16.6. The number of hydrogen-bond acceptors (Lipinski definition) is 26. The van der Waals surface area contributed by atoms with Crippen LogP contribution in [0.1, 0.15) is 78.7 Å². The summed E-state index contributed by atoms with van der Waals surface area (Å²) in [6, 6.07) is -2.89. The van der Waals surface area contributed by atoms with Crippen LogP contribution in [-0.2, 0) is 78.2 Å². The number of carboxylic acid groups (broad SMARTS) is 10. The third kappa shape index (κ3) is 53.3. The molecule has 0 aliphatic heterocycles. The quantitative estimate of drug-likeness (QED) is 0.0288. The lowest BCUT2D eigenvalue weighted by Gasteiger charge is -2.17. The highest BCUT2D eigenvalue weighted by Crippen LogP contribution is 2.14. The van der Waals surface area contributed by atoms with Crippen molar-refractivity contribution in [2.75, 3.05) is 13.2 Å². The van der Waals surface area contributed by atoms with Crippen LogP contribution in [0.3, 0.4) is 0 Å². The molecule has 80 heavy (non-hydrogen) atoms. The van der Waals surface area contributed by atoms with Gasteiger partial charge >= 0.3 is 77.6 Å². The largest absolute Gasteiger partial charge is 0.481 e. The van der Waals surface area contributed by atoms with Crippen molar-refractivity contribution in [3.05, 3.63) is 29.8 Å². The lowest BCUT2D eigenvalue weighted by molar-refractivity contribution is -0.155. The first kappa shape index (κ1) is 83.3. The molecule has 0 saturated carbocycles. The molecular weight excluding hydrogens is 1080 g/mol. The normalized spacial score (nSPS) is 13.7. The average Bonchev–Trinajstić information content (AvgIpc) is 3.34. The molecule has 1 aromatic carbocycles. The number of hydrogen-bond donors (Lipinski definition) is 20. The molecule has 0 heterocycles. The van der Waals surface area contributed by atoms with Gasteiger partial charge in [0, 0.05) is 12.8 Å². The summed E-state index contributed by atoms with van der Waals surface area (Å²) >= 11 is 0. The zero-order valence-corrected chi connectivity index (χ0v) is 44.3. The van der Waals surface area contributed by atoms with E-state index in [1.165, 1.54) is 32.9 Å². The smallest absolute Gasteiger partial charge is 0.331 e. The lowest BCUT2D eigenvalue weighted by Crippen LogP contribution is -2.44. The minimum absolute atomic E-state index is 0.0231. The minimum atomic E-state index is -1.29. The molecular formula is C44H78N10O26. The summed E-state index contributed by atoms with van der Waals surface area (Å²) in [4.78, 5) is 134. The first-order valence-electron chi connectivity index (χ1n) is 22.9. The molecule has 0 aliphatic carbocycles. The van der Waals surface area contributed by atoms with Crippen molar-refractivity contribution in [3.63, 3.8) is 0 Å². The van der Waals surface area contributed by atoms with Crippen molar-refractivity contribution in [2.45, 2.75) is 140 Å². The van der Waals surface area contributed by atoms with Crippen molar-refractivity contribution in [3.8, 4) is 5.75 Å². The van der Waals surface area contributed by atoms with Crippen LogP contribution in [0.15, 0.2) is 24.3 Å². The van der Waals surface area contributed by atoms with Gasteiger partial charge in [0.1, 0.15) is 72.8 Å². The number of rotatable bonds is 27. The maximum absolute atomic E-state index is 11.8. The Morgan fingerprint density at radius 1 is 0.450 bits per heavy atom. The summed E-state index contributed by atoms with van der Waals surface area (Å²) in [5.41, 5.74) is 52.0. The van der Waals surface area contributed by atoms with E-state index < -0.39 is 145 Å². The summed E-state index contributed by atoms with van der Waals surface area (Å²) in [7, 11) is 0. The van der Waals surface area contributed by atoms with Gasteiger partial charge in [-0.05, 0) is 70.1 Å². The van der Waals surface area contributed by atoms with Gasteiger partial charge in [0.05, 0.1) is 13.0 Å². The zero-order valence-electron chi connectivity index (χ0n) is 44.3. The van der Waals surface area contributed by atoms with Crippen LogP contribution in [0.4, 0.5) is 0 Å². The van der Waals surface area contributed by atoms with Crippen LogP contribution >= 0.6 is 0 Å². The molecule has 36 heteroatoms. The molecule has 1 aromatic rings. The summed E-state index contributed by atoms with van der Waals surface area (Å²) in [6.07, 6.45) is -1.16. The molecule has 0 aliphatic rings. The predicted molar refractivity (Wildman–Crippen MR) is 273 cm³/mol. The molecule has 0 spiro atoms. The highest BCUT2D eigenvalue weighted by molar-refractivity contribution is 5.81. The third-order valence-electron chi connectivity index (χ3n) is 8.36. The Hall–Kier alpha value is -8.07. The van der Waals surface area contributed by atoms with Gasteiger partial charge in [-0.3, -0.25) is 57.5 Å². The van der Waals surface area contributed by atoms with Crippen LogP contribution < -0.4 is 62.1 Å². The number of esters is 3. The average molecular weight is 1160 g/mol. The fourth-order valence-corrected chi connectivity index (χ4v) is 3.85. The number of carboxylic acids is 10. The molecule has 0 amide bonds. The van der Waals surface area contributed by atoms with Crippen LogP contribution in [-0.4, -0.2) is 202 Å². The van der Waals surface area contributed by atoms with E-state index in [1.807, 2.05) is 13.8 Å². The molecule has 460 valence electrons. The lowest BCUT2D eigenvalue weighted by atomic mass is 10.1. The SMILES string of the molecule is CC(C)C[C@H](N)C(=O)O.C[C@H](N)C(=O)OC[C@H](N)C(=O)Oc1ccc(C[C@H](N)C(=O)O)cc1.C[C@H](N)C(=O)O[C@H](C)[C@H](N)C(=O)O.NCC(=O)O.N[C@@H](CC(=O)O)C(=O)O.N[C@@H](CCC(=O)O)C(=O)O.N[C@@H](CCC(=O)O)C(=O)O. The molecule has 0 bridgehead atoms. The number of ether oxygens (including phenoxy) is 3. The van der Waals surface area contributed by atoms with Gasteiger partial charge in [-0.2, -0.15) is 0 Å². The molecule has 0 radical (unpaired) electrons. The summed E-state index contributed by atoms with van der Waals surface area (Å²) in [5, 5.41) is 81.7. The maximum Gasteiger partial charge on any atom is 0.331 e. The van der Waals surface area contributed by atoms with Crippen LogP contribution in [0.5, 0.6) is 5.75 Å². The van der Waals surface area contributed by atoms with E-state index in [1.54, 1.807) is 12.1 Å². The Balaban J connectivity index is -0.000000212. The van der Waals surface area contributed by atoms with E-state index in [2.05, 4.69) is 10.5 Å². The summed E-state index contributed by atoms with van der Waals surface area (Å²) < 4.78 is 14.5. The van der Waals surface area contributed by atoms with E-state index in [0.29, 0.717) is 17.9 Å². The molecule has 0 fully saturated rings. The first-order chi connectivity index (χ1) is 36.5. The Morgan fingerprint density at radius 3 is 1.09 bits per heavy atom. The van der Waals surface area contributed by atoms with E-state index in [-0.39, 0.29) is 51.0 Å². The molecule has 10 atom stereocenters. The number of carbonyl (C=O) groups is 13. The summed E-state index contributed by atoms with van der Waals surface area (Å²) in [6.45, 7) is 7.57. The third-order valence-corrected chi connectivity index (χ3v) is 8.36.